The SMILES string of the molecule is COC1(N)C=CC(C)=CC1.Nc1ccc2ccccc2c1.Nc1cccc2ccccc12. The molecule has 0 radical (unpaired) electrons. The summed E-state index contributed by atoms with van der Waals surface area (Å²) in [5, 5.41) is 4.77. The Bertz CT molecular complexity index is 1230. The fourth-order valence-electron chi connectivity index (χ4n) is 3.34. The van der Waals surface area contributed by atoms with E-state index in [1.807, 2.05) is 79.7 Å². The Morgan fingerprint density at radius 1 is 0.781 bits per heavy atom. The van der Waals surface area contributed by atoms with Crippen LogP contribution in [0.5, 0.6) is 0 Å². The second kappa shape index (κ2) is 10.6. The van der Waals surface area contributed by atoms with Crippen LogP contribution >= 0.6 is 0 Å². The van der Waals surface area contributed by atoms with Crippen molar-refractivity contribution in [2.24, 2.45) is 5.73 Å². The highest BCUT2D eigenvalue weighted by atomic mass is 16.5. The van der Waals surface area contributed by atoms with Crippen molar-refractivity contribution in [2.45, 2.75) is 19.1 Å². The van der Waals surface area contributed by atoms with E-state index < -0.39 is 5.72 Å². The highest BCUT2D eigenvalue weighted by molar-refractivity contribution is 5.92. The van der Waals surface area contributed by atoms with Gasteiger partial charge in [0, 0.05) is 30.3 Å². The predicted octanol–water partition coefficient (Wildman–Crippen LogP) is 6.04. The Hall–Kier alpha value is -3.60. The number of hydrogen-bond acceptors (Lipinski definition) is 4. The number of nitrogen functional groups attached to an aromatic ring is 2. The van der Waals surface area contributed by atoms with Gasteiger partial charge in [0.2, 0.25) is 0 Å². The molecule has 0 spiro atoms. The number of benzene rings is 4. The van der Waals surface area contributed by atoms with Crippen molar-refractivity contribution in [1.29, 1.82) is 0 Å². The Morgan fingerprint density at radius 3 is 2.09 bits per heavy atom. The van der Waals surface area contributed by atoms with E-state index in [-0.39, 0.29) is 0 Å². The number of anilines is 2. The molecule has 0 aromatic heterocycles. The molecule has 1 aliphatic rings. The lowest BCUT2D eigenvalue weighted by Gasteiger charge is -2.25. The number of nitrogens with two attached hydrogens (primary N) is 3. The highest BCUT2D eigenvalue weighted by Crippen LogP contribution is 2.20. The molecule has 0 saturated heterocycles. The lowest BCUT2D eigenvalue weighted by molar-refractivity contribution is 0.0393. The van der Waals surface area contributed by atoms with Gasteiger partial charge in [0.1, 0.15) is 5.72 Å². The van der Waals surface area contributed by atoms with E-state index in [0.717, 1.165) is 23.2 Å². The molecule has 1 atom stereocenters. The molecule has 32 heavy (non-hydrogen) atoms. The van der Waals surface area contributed by atoms with Gasteiger partial charge in [-0.05, 0) is 47.4 Å². The minimum absolute atomic E-state index is 0.556. The number of methoxy groups -OCH3 is 1. The van der Waals surface area contributed by atoms with E-state index in [1.165, 1.54) is 21.7 Å². The summed E-state index contributed by atoms with van der Waals surface area (Å²) in [6.45, 7) is 2.05. The van der Waals surface area contributed by atoms with Crippen LogP contribution in [0.2, 0.25) is 0 Å². The summed E-state index contributed by atoms with van der Waals surface area (Å²) >= 11 is 0. The Morgan fingerprint density at radius 2 is 1.44 bits per heavy atom. The minimum Gasteiger partial charge on any atom is -0.399 e. The fraction of sp³-hybridized carbons (Fsp3) is 0.143. The Balaban J connectivity index is 0.000000136. The maximum atomic E-state index is 5.77. The standard InChI is InChI=1S/2C10H9N.C8H13NO/c11-10-7-3-5-8-4-1-2-6-9(8)10;11-10-6-5-8-3-1-2-4-9(8)7-10;1-7-3-5-8(9,10-2)6-4-7/h2*1-7H,11H2;3-5H,6,9H2,1-2H3. The smallest absolute Gasteiger partial charge is 0.139 e. The first-order valence-electron chi connectivity index (χ1n) is 10.6. The molecule has 0 heterocycles. The summed E-state index contributed by atoms with van der Waals surface area (Å²) in [6, 6.07) is 28.2. The first kappa shape index (κ1) is 23.1. The first-order valence-corrected chi connectivity index (χ1v) is 10.6. The summed E-state index contributed by atoms with van der Waals surface area (Å²) in [5.74, 6) is 0. The third-order valence-corrected chi connectivity index (χ3v) is 5.35. The van der Waals surface area contributed by atoms with E-state index in [1.54, 1.807) is 7.11 Å². The van der Waals surface area contributed by atoms with Crippen LogP contribution in [-0.4, -0.2) is 12.8 Å². The van der Waals surface area contributed by atoms with Gasteiger partial charge in [0.25, 0.3) is 0 Å². The van der Waals surface area contributed by atoms with E-state index in [9.17, 15) is 0 Å². The molecule has 4 aromatic rings. The third kappa shape index (κ3) is 6.20. The van der Waals surface area contributed by atoms with Crippen molar-refractivity contribution in [1.82, 2.24) is 0 Å². The van der Waals surface area contributed by atoms with Gasteiger partial charge in [0.15, 0.2) is 0 Å². The largest absolute Gasteiger partial charge is 0.399 e. The Kier molecular flexibility index (Phi) is 7.66. The molecule has 1 unspecified atom stereocenters. The van der Waals surface area contributed by atoms with Crippen LogP contribution in [0.25, 0.3) is 21.5 Å². The molecule has 4 heteroatoms. The third-order valence-electron chi connectivity index (χ3n) is 5.35. The van der Waals surface area contributed by atoms with Crippen LogP contribution in [0, 0.1) is 0 Å². The summed E-state index contributed by atoms with van der Waals surface area (Å²) in [6.07, 6.45) is 6.71. The number of allylic oxidation sites excluding steroid dienone is 2. The second-order valence-corrected chi connectivity index (χ2v) is 7.82. The van der Waals surface area contributed by atoms with Gasteiger partial charge < -0.3 is 16.2 Å². The zero-order valence-corrected chi connectivity index (χ0v) is 18.7. The zero-order valence-electron chi connectivity index (χ0n) is 18.7. The molecule has 0 amide bonds. The number of hydrogen-bond donors (Lipinski definition) is 3. The van der Waals surface area contributed by atoms with Crippen LogP contribution in [0.1, 0.15) is 13.3 Å². The van der Waals surface area contributed by atoms with Gasteiger partial charge in [-0.15, -0.1) is 0 Å². The molecule has 0 saturated carbocycles. The van der Waals surface area contributed by atoms with Crippen molar-refractivity contribution >= 4 is 32.9 Å². The maximum absolute atomic E-state index is 5.77. The summed E-state index contributed by atoms with van der Waals surface area (Å²) < 4.78 is 5.07. The summed E-state index contributed by atoms with van der Waals surface area (Å²) in [4.78, 5) is 0. The van der Waals surface area contributed by atoms with Crippen LogP contribution in [0.15, 0.2) is 109 Å². The van der Waals surface area contributed by atoms with Crippen molar-refractivity contribution in [2.75, 3.05) is 18.6 Å². The number of fused-ring (bicyclic) bond motifs is 2. The van der Waals surface area contributed by atoms with Gasteiger partial charge in [0.05, 0.1) is 0 Å². The minimum atomic E-state index is -0.556. The molecule has 0 aliphatic heterocycles. The molecular weight excluding hydrogens is 394 g/mol. The average molecular weight is 426 g/mol. The quantitative estimate of drug-likeness (QED) is 0.256. The topological polar surface area (TPSA) is 87.3 Å². The van der Waals surface area contributed by atoms with Gasteiger partial charge in [-0.25, -0.2) is 0 Å². The van der Waals surface area contributed by atoms with Crippen LogP contribution in [0.3, 0.4) is 0 Å². The van der Waals surface area contributed by atoms with Crippen molar-refractivity contribution in [3.8, 4) is 0 Å². The average Bonchev–Trinajstić information content (AvgIpc) is 2.82. The van der Waals surface area contributed by atoms with Crippen LogP contribution in [-0.2, 0) is 4.74 Å². The van der Waals surface area contributed by atoms with Crippen molar-refractivity contribution in [3.05, 3.63) is 109 Å². The lowest BCUT2D eigenvalue weighted by Crippen LogP contribution is -2.39. The van der Waals surface area contributed by atoms with Gasteiger partial charge >= 0.3 is 0 Å². The molecule has 1 aliphatic carbocycles. The van der Waals surface area contributed by atoms with Crippen LogP contribution < -0.4 is 17.2 Å². The van der Waals surface area contributed by atoms with E-state index in [2.05, 4.69) is 30.3 Å². The molecule has 6 N–H and O–H groups in total. The van der Waals surface area contributed by atoms with Crippen molar-refractivity contribution < 1.29 is 4.74 Å². The Labute approximate surface area is 190 Å². The second-order valence-electron chi connectivity index (χ2n) is 7.82. The van der Waals surface area contributed by atoms with Crippen molar-refractivity contribution in [3.63, 3.8) is 0 Å². The molecule has 0 fully saturated rings. The normalized spacial score (nSPS) is 17.0. The fourth-order valence-corrected chi connectivity index (χ4v) is 3.34. The maximum Gasteiger partial charge on any atom is 0.139 e. The van der Waals surface area contributed by atoms with E-state index >= 15 is 0 Å². The molecule has 164 valence electrons. The molecule has 5 rings (SSSR count). The number of ether oxygens (including phenoxy) is 1. The summed E-state index contributed by atoms with van der Waals surface area (Å²) in [7, 11) is 1.62. The van der Waals surface area contributed by atoms with E-state index in [0.29, 0.717) is 0 Å². The first-order chi connectivity index (χ1) is 15.4. The number of rotatable bonds is 1. The highest BCUT2D eigenvalue weighted by Gasteiger charge is 2.20. The van der Waals surface area contributed by atoms with Gasteiger partial charge in [-0.3, -0.25) is 5.73 Å². The molecule has 0 bridgehead atoms. The summed E-state index contributed by atoms with van der Waals surface area (Å²) in [5.41, 5.74) is 19.5. The molecule has 4 nitrogen and oxygen atoms in total. The molecular formula is C28H31N3O. The predicted molar refractivity (Wildman–Crippen MR) is 138 cm³/mol. The van der Waals surface area contributed by atoms with Gasteiger partial charge in [-0.1, -0.05) is 84.5 Å². The van der Waals surface area contributed by atoms with Gasteiger partial charge in [-0.2, -0.15) is 0 Å². The monoisotopic (exact) mass is 425 g/mol. The van der Waals surface area contributed by atoms with E-state index in [4.69, 9.17) is 21.9 Å². The lowest BCUT2D eigenvalue weighted by atomic mass is 10.0. The van der Waals surface area contributed by atoms with Crippen LogP contribution in [0.4, 0.5) is 11.4 Å². The molecule has 4 aromatic carbocycles. The zero-order chi connectivity index (χ0) is 23.0.